The molecule has 2 rings (SSSR count). The molecule has 1 fully saturated rings. The predicted molar refractivity (Wildman–Crippen MR) is 77.7 cm³/mol. The van der Waals surface area contributed by atoms with E-state index in [1.807, 2.05) is 13.8 Å². The summed E-state index contributed by atoms with van der Waals surface area (Å²) in [6, 6.07) is 3.19. The molecule has 5 heteroatoms. The van der Waals surface area contributed by atoms with Crippen molar-refractivity contribution in [2.45, 2.75) is 58.5 Å². The minimum absolute atomic E-state index is 0.159. The van der Waals surface area contributed by atoms with Crippen molar-refractivity contribution >= 4 is 5.91 Å². The Morgan fingerprint density at radius 1 is 1.35 bits per heavy atom. The molecule has 1 heterocycles. The number of rotatable bonds is 4. The Morgan fingerprint density at radius 3 is 2.70 bits per heavy atom. The zero-order valence-electron chi connectivity index (χ0n) is 12.3. The highest BCUT2D eigenvalue weighted by Crippen LogP contribution is 2.17. The lowest BCUT2D eigenvalue weighted by atomic mass is 9.95. The van der Waals surface area contributed by atoms with Gasteiger partial charge in [-0.2, -0.15) is 5.10 Å². The van der Waals surface area contributed by atoms with E-state index in [1.54, 1.807) is 0 Å². The lowest BCUT2D eigenvalue weighted by Gasteiger charge is -2.22. The molecule has 1 N–H and O–H groups in total. The van der Waals surface area contributed by atoms with Crippen LogP contribution in [0, 0.1) is 5.92 Å². The molecular weight excluding hydrogens is 254 g/mol. The van der Waals surface area contributed by atoms with Crippen LogP contribution in [0.25, 0.3) is 0 Å². The molecule has 110 valence electrons. The molecule has 0 spiro atoms. The van der Waals surface area contributed by atoms with E-state index in [9.17, 15) is 9.59 Å². The van der Waals surface area contributed by atoms with Crippen molar-refractivity contribution in [3.63, 3.8) is 0 Å². The first kappa shape index (κ1) is 14.8. The maximum Gasteiger partial charge on any atom is 0.271 e. The van der Waals surface area contributed by atoms with Crippen LogP contribution in [0.4, 0.5) is 0 Å². The summed E-state index contributed by atoms with van der Waals surface area (Å²) < 4.78 is 1.38. The van der Waals surface area contributed by atoms with E-state index in [2.05, 4.69) is 10.4 Å². The third-order valence-electron chi connectivity index (χ3n) is 3.58. The van der Waals surface area contributed by atoms with Crippen molar-refractivity contribution in [1.82, 2.24) is 15.1 Å². The third kappa shape index (κ3) is 3.92. The summed E-state index contributed by atoms with van der Waals surface area (Å²) in [7, 11) is 0. The molecule has 20 heavy (non-hydrogen) atoms. The van der Waals surface area contributed by atoms with Crippen molar-refractivity contribution < 1.29 is 4.79 Å². The van der Waals surface area contributed by atoms with Gasteiger partial charge in [-0.3, -0.25) is 9.59 Å². The van der Waals surface area contributed by atoms with E-state index in [0.717, 1.165) is 12.8 Å². The number of amides is 1. The van der Waals surface area contributed by atoms with Crippen molar-refractivity contribution in [3.8, 4) is 0 Å². The molecule has 0 aliphatic heterocycles. The van der Waals surface area contributed by atoms with E-state index in [-0.39, 0.29) is 17.5 Å². The molecule has 0 atom stereocenters. The van der Waals surface area contributed by atoms with Gasteiger partial charge in [0.05, 0.1) is 0 Å². The van der Waals surface area contributed by atoms with Crippen LogP contribution in [0.15, 0.2) is 16.9 Å². The minimum Gasteiger partial charge on any atom is -0.348 e. The highest BCUT2D eigenvalue weighted by atomic mass is 16.2. The van der Waals surface area contributed by atoms with E-state index in [1.165, 1.54) is 36.1 Å². The number of nitrogens with zero attached hydrogens (tertiary/aromatic N) is 2. The molecule has 0 radical (unpaired) electrons. The predicted octanol–water partition coefficient (Wildman–Crippen LogP) is 1.96. The maximum absolute atomic E-state index is 12.2. The van der Waals surface area contributed by atoms with Gasteiger partial charge in [0.2, 0.25) is 0 Å². The van der Waals surface area contributed by atoms with Crippen LogP contribution in [0.3, 0.4) is 0 Å². The number of carbonyl (C=O) groups excluding carboxylic acids is 1. The minimum atomic E-state index is -0.172. The van der Waals surface area contributed by atoms with Crippen molar-refractivity contribution in [1.29, 1.82) is 0 Å². The Hall–Kier alpha value is -1.65. The van der Waals surface area contributed by atoms with Crippen LogP contribution in [-0.2, 0) is 6.54 Å². The molecule has 5 nitrogen and oxygen atoms in total. The van der Waals surface area contributed by atoms with Crippen LogP contribution in [0.1, 0.15) is 56.4 Å². The fourth-order valence-electron chi connectivity index (χ4n) is 2.55. The lowest BCUT2D eigenvalue weighted by Crippen LogP contribution is -2.38. The van der Waals surface area contributed by atoms with Gasteiger partial charge in [0.15, 0.2) is 0 Å². The Morgan fingerprint density at radius 2 is 2.05 bits per heavy atom. The molecular formula is C15H23N3O2. The second-order valence-electron chi connectivity index (χ2n) is 5.94. The molecule has 1 aromatic heterocycles. The SMILES string of the molecule is CC(C)Cn1nc(C(=O)NC2CCCCC2)ccc1=O. The monoisotopic (exact) mass is 277 g/mol. The summed E-state index contributed by atoms with van der Waals surface area (Å²) in [5.74, 6) is 0.145. The zero-order valence-corrected chi connectivity index (χ0v) is 12.3. The van der Waals surface area contributed by atoms with Gasteiger partial charge in [-0.25, -0.2) is 4.68 Å². The first-order chi connectivity index (χ1) is 9.56. The number of nitrogens with one attached hydrogen (secondary N) is 1. The molecule has 1 amide bonds. The van der Waals surface area contributed by atoms with Crippen molar-refractivity contribution in [3.05, 3.63) is 28.2 Å². The molecule has 1 aromatic rings. The molecule has 0 aromatic carbocycles. The second kappa shape index (κ2) is 6.68. The Balaban J connectivity index is 2.07. The Bertz CT molecular complexity index is 516. The van der Waals surface area contributed by atoms with E-state index < -0.39 is 0 Å². The average molecular weight is 277 g/mol. The smallest absolute Gasteiger partial charge is 0.271 e. The highest BCUT2D eigenvalue weighted by Gasteiger charge is 2.18. The molecule has 1 saturated carbocycles. The van der Waals surface area contributed by atoms with E-state index in [0.29, 0.717) is 18.2 Å². The van der Waals surface area contributed by atoms with Crippen LogP contribution >= 0.6 is 0 Å². The van der Waals surface area contributed by atoms with Gasteiger partial charge in [0, 0.05) is 18.7 Å². The summed E-state index contributed by atoms with van der Waals surface area (Å²) in [5.41, 5.74) is 0.170. The third-order valence-corrected chi connectivity index (χ3v) is 3.58. The fourth-order valence-corrected chi connectivity index (χ4v) is 2.55. The topological polar surface area (TPSA) is 64.0 Å². The van der Waals surface area contributed by atoms with Gasteiger partial charge in [-0.05, 0) is 24.8 Å². The molecule has 1 aliphatic rings. The summed E-state index contributed by atoms with van der Waals surface area (Å²) in [5, 5.41) is 7.19. The number of hydrogen-bond donors (Lipinski definition) is 1. The van der Waals surface area contributed by atoms with Crippen LogP contribution < -0.4 is 10.9 Å². The van der Waals surface area contributed by atoms with Gasteiger partial charge in [-0.1, -0.05) is 33.1 Å². The van der Waals surface area contributed by atoms with Crippen LogP contribution in [0.5, 0.6) is 0 Å². The van der Waals surface area contributed by atoms with Gasteiger partial charge in [0.1, 0.15) is 5.69 Å². The first-order valence-electron chi connectivity index (χ1n) is 7.45. The summed E-state index contributed by atoms with van der Waals surface area (Å²) >= 11 is 0. The highest BCUT2D eigenvalue weighted by molar-refractivity contribution is 5.92. The molecule has 0 saturated heterocycles. The molecule has 0 unspecified atom stereocenters. The van der Waals surface area contributed by atoms with E-state index in [4.69, 9.17) is 0 Å². The molecule has 0 bridgehead atoms. The number of hydrogen-bond acceptors (Lipinski definition) is 3. The quantitative estimate of drug-likeness (QED) is 0.915. The van der Waals surface area contributed by atoms with Crippen molar-refractivity contribution in [2.75, 3.05) is 0 Å². The van der Waals surface area contributed by atoms with Gasteiger partial charge in [0.25, 0.3) is 11.5 Å². The number of carbonyl (C=O) groups is 1. The summed E-state index contributed by atoms with van der Waals surface area (Å²) in [6.45, 7) is 4.56. The normalized spacial score (nSPS) is 16.4. The summed E-state index contributed by atoms with van der Waals surface area (Å²) in [6.07, 6.45) is 5.68. The number of aromatic nitrogens is 2. The van der Waals surface area contributed by atoms with Crippen molar-refractivity contribution in [2.24, 2.45) is 5.92 Å². The van der Waals surface area contributed by atoms with Crippen LogP contribution in [0.2, 0.25) is 0 Å². The zero-order chi connectivity index (χ0) is 14.5. The van der Waals surface area contributed by atoms with Crippen LogP contribution in [-0.4, -0.2) is 21.7 Å². The lowest BCUT2D eigenvalue weighted by molar-refractivity contribution is 0.0919. The largest absolute Gasteiger partial charge is 0.348 e. The Kier molecular flexibility index (Phi) is 4.93. The summed E-state index contributed by atoms with van der Waals surface area (Å²) in [4.78, 5) is 23.9. The average Bonchev–Trinajstić information content (AvgIpc) is 2.42. The first-order valence-corrected chi connectivity index (χ1v) is 7.45. The Labute approximate surface area is 119 Å². The van der Waals surface area contributed by atoms with Gasteiger partial charge >= 0.3 is 0 Å². The standard InChI is InChI=1S/C15H23N3O2/c1-11(2)10-18-14(19)9-8-13(17-18)15(20)16-12-6-4-3-5-7-12/h8-9,11-12H,3-7,10H2,1-2H3,(H,16,20). The van der Waals surface area contributed by atoms with Gasteiger partial charge in [-0.15, -0.1) is 0 Å². The van der Waals surface area contributed by atoms with Gasteiger partial charge < -0.3 is 5.32 Å². The maximum atomic E-state index is 12.2. The second-order valence-corrected chi connectivity index (χ2v) is 5.94. The molecule has 1 aliphatic carbocycles. The van der Waals surface area contributed by atoms with E-state index >= 15 is 0 Å². The fraction of sp³-hybridized carbons (Fsp3) is 0.667.